The van der Waals surface area contributed by atoms with Crippen LogP contribution in [0.2, 0.25) is 0 Å². The number of benzene rings is 2. The first-order valence-electron chi connectivity index (χ1n) is 12.3. The van der Waals surface area contributed by atoms with Crippen molar-refractivity contribution in [1.82, 2.24) is 8.61 Å². The number of carbonyl (C=O) groups excluding carboxylic acids is 1. The first-order chi connectivity index (χ1) is 16.8. The van der Waals surface area contributed by atoms with Crippen LogP contribution in [0, 0.1) is 0 Å². The van der Waals surface area contributed by atoms with Crippen molar-refractivity contribution in [3.63, 3.8) is 0 Å². The van der Waals surface area contributed by atoms with E-state index in [4.69, 9.17) is 0 Å². The minimum absolute atomic E-state index is 0.0363. The Labute approximate surface area is 208 Å². The van der Waals surface area contributed by atoms with Crippen LogP contribution in [0.4, 0.5) is 5.69 Å². The van der Waals surface area contributed by atoms with E-state index in [0.29, 0.717) is 37.4 Å². The van der Waals surface area contributed by atoms with E-state index in [1.54, 1.807) is 36.4 Å². The maximum Gasteiger partial charge on any atom is 0.243 e. The third-order valence-electron chi connectivity index (χ3n) is 6.62. The largest absolute Gasteiger partial charge is 0.378 e. The van der Waals surface area contributed by atoms with E-state index in [9.17, 15) is 21.6 Å². The third-order valence-corrected chi connectivity index (χ3v) is 10.4. The van der Waals surface area contributed by atoms with E-state index in [1.165, 1.54) is 20.7 Å². The van der Waals surface area contributed by atoms with Crippen molar-refractivity contribution in [3.05, 3.63) is 54.1 Å². The van der Waals surface area contributed by atoms with E-state index in [2.05, 4.69) is 5.32 Å². The lowest BCUT2D eigenvalue weighted by molar-refractivity contribution is 0.101. The zero-order valence-electron chi connectivity index (χ0n) is 19.9. The second-order valence-corrected chi connectivity index (χ2v) is 13.0. The number of sulfonamides is 2. The fourth-order valence-electron chi connectivity index (χ4n) is 4.54. The Morgan fingerprint density at radius 1 is 0.686 bits per heavy atom. The first kappa shape index (κ1) is 25.8. The Morgan fingerprint density at radius 3 is 1.77 bits per heavy atom. The van der Waals surface area contributed by atoms with Gasteiger partial charge >= 0.3 is 0 Å². The zero-order chi connectivity index (χ0) is 24.9. The molecule has 2 aliphatic rings. The van der Waals surface area contributed by atoms with Crippen LogP contribution in [0.15, 0.2) is 58.3 Å². The Kier molecular flexibility index (Phi) is 8.26. The van der Waals surface area contributed by atoms with Crippen LogP contribution in [0.3, 0.4) is 0 Å². The lowest BCUT2D eigenvalue weighted by atomic mass is 10.1. The molecule has 35 heavy (non-hydrogen) atoms. The molecule has 2 fully saturated rings. The minimum Gasteiger partial charge on any atom is -0.378 e. The second kappa shape index (κ2) is 11.2. The molecule has 1 N–H and O–H groups in total. The van der Waals surface area contributed by atoms with Gasteiger partial charge in [0.2, 0.25) is 20.0 Å². The fourth-order valence-corrected chi connectivity index (χ4v) is 7.63. The third kappa shape index (κ3) is 6.11. The van der Waals surface area contributed by atoms with Crippen molar-refractivity contribution in [2.45, 2.75) is 54.7 Å². The Balaban J connectivity index is 1.40. The molecule has 0 radical (unpaired) electrons. The highest BCUT2D eigenvalue weighted by atomic mass is 32.2. The van der Waals surface area contributed by atoms with Gasteiger partial charge in [-0.1, -0.05) is 31.4 Å². The van der Waals surface area contributed by atoms with Crippen molar-refractivity contribution in [2.75, 3.05) is 38.0 Å². The maximum atomic E-state index is 13.1. The second-order valence-electron chi connectivity index (χ2n) is 9.11. The molecule has 2 aromatic rings. The van der Waals surface area contributed by atoms with Gasteiger partial charge in [-0.05, 0) is 62.1 Å². The topological polar surface area (TPSA) is 104 Å². The Morgan fingerprint density at radius 2 is 1.20 bits per heavy atom. The molecular weight excluding hydrogens is 486 g/mol. The van der Waals surface area contributed by atoms with Gasteiger partial charge in [0.15, 0.2) is 5.78 Å². The highest BCUT2D eigenvalue weighted by Gasteiger charge is 2.27. The smallest absolute Gasteiger partial charge is 0.243 e. The predicted octanol–water partition coefficient (Wildman–Crippen LogP) is 3.72. The molecular formula is C25H33N3O5S2. The average Bonchev–Trinajstić information content (AvgIpc) is 3.18. The van der Waals surface area contributed by atoms with Crippen molar-refractivity contribution < 1.29 is 21.6 Å². The number of carbonyl (C=O) groups is 1. The highest BCUT2D eigenvalue weighted by Crippen LogP contribution is 2.23. The SMILES string of the molecule is O=C(CNc1ccc(S(=O)(=O)N2CCCCC2)cc1)c1cccc(S(=O)(=O)N2CCCCCC2)c1. The van der Waals surface area contributed by atoms with Crippen LogP contribution < -0.4 is 5.32 Å². The number of hydrogen-bond donors (Lipinski definition) is 1. The molecule has 0 spiro atoms. The van der Waals surface area contributed by atoms with E-state index in [-0.39, 0.29) is 22.1 Å². The molecule has 0 unspecified atom stereocenters. The summed E-state index contributed by atoms with van der Waals surface area (Å²) in [5.74, 6) is -0.247. The van der Waals surface area contributed by atoms with Crippen LogP contribution in [-0.4, -0.2) is 64.0 Å². The summed E-state index contributed by atoms with van der Waals surface area (Å²) in [6.45, 7) is 2.06. The monoisotopic (exact) mass is 519 g/mol. The predicted molar refractivity (Wildman–Crippen MR) is 136 cm³/mol. The average molecular weight is 520 g/mol. The number of hydrogen-bond acceptors (Lipinski definition) is 6. The van der Waals surface area contributed by atoms with E-state index >= 15 is 0 Å². The van der Waals surface area contributed by atoms with Crippen LogP contribution in [0.5, 0.6) is 0 Å². The van der Waals surface area contributed by atoms with E-state index in [1.807, 2.05) is 0 Å². The molecule has 8 nitrogen and oxygen atoms in total. The number of piperidine rings is 1. The first-order valence-corrected chi connectivity index (χ1v) is 15.1. The minimum atomic E-state index is -3.64. The van der Waals surface area contributed by atoms with Crippen molar-refractivity contribution in [1.29, 1.82) is 0 Å². The highest BCUT2D eigenvalue weighted by molar-refractivity contribution is 7.89. The molecule has 10 heteroatoms. The summed E-state index contributed by atoms with van der Waals surface area (Å²) in [6.07, 6.45) is 6.56. The molecule has 2 aromatic carbocycles. The Hall–Kier alpha value is -2.27. The number of rotatable bonds is 8. The quantitative estimate of drug-likeness (QED) is 0.533. The summed E-state index contributed by atoms with van der Waals surface area (Å²) in [5.41, 5.74) is 0.932. The van der Waals surface area contributed by atoms with Crippen LogP contribution in [0.25, 0.3) is 0 Å². The molecule has 0 aromatic heterocycles. The molecule has 2 heterocycles. The van der Waals surface area contributed by atoms with Crippen molar-refractivity contribution >= 4 is 31.5 Å². The van der Waals surface area contributed by atoms with Crippen LogP contribution in [-0.2, 0) is 20.0 Å². The summed E-state index contributed by atoms with van der Waals surface area (Å²) < 4.78 is 54.8. The fraction of sp³-hybridized carbons (Fsp3) is 0.480. The van der Waals surface area contributed by atoms with Crippen LogP contribution in [0.1, 0.15) is 55.3 Å². The van der Waals surface area contributed by atoms with Gasteiger partial charge < -0.3 is 5.32 Å². The van der Waals surface area contributed by atoms with Crippen molar-refractivity contribution in [2.24, 2.45) is 0 Å². The van der Waals surface area contributed by atoms with Crippen LogP contribution >= 0.6 is 0 Å². The molecule has 2 saturated heterocycles. The maximum absolute atomic E-state index is 13.1. The number of nitrogens with one attached hydrogen (secondary N) is 1. The van der Waals surface area contributed by atoms with E-state index in [0.717, 1.165) is 44.9 Å². The molecule has 0 aliphatic carbocycles. The summed E-state index contributed by atoms with van der Waals surface area (Å²) in [6, 6.07) is 12.6. The lowest BCUT2D eigenvalue weighted by Crippen LogP contribution is -2.35. The molecule has 0 bridgehead atoms. The molecule has 0 saturated carbocycles. The van der Waals surface area contributed by atoms with Gasteiger partial charge in [0.25, 0.3) is 0 Å². The summed E-state index contributed by atoms with van der Waals surface area (Å²) in [7, 11) is -7.14. The molecule has 0 amide bonds. The van der Waals surface area contributed by atoms with Gasteiger partial charge in [-0.25, -0.2) is 16.8 Å². The number of Topliss-reactive ketones (excluding diaryl/α,β-unsaturated/α-hetero) is 1. The van der Waals surface area contributed by atoms with Gasteiger partial charge in [-0.2, -0.15) is 8.61 Å². The van der Waals surface area contributed by atoms with E-state index < -0.39 is 20.0 Å². The molecule has 4 rings (SSSR count). The van der Waals surface area contributed by atoms with Gasteiger partial charge in [-0.3, -0.25) is 4.79 Å². The Bertz CT molecular complexity index is 1230. The molecule has 0 atom stereocenters. The zero-order valence-corrected chi connectivity index (χ0v) is 21.5. The van der Waals surface area contributed by atoms with Gasteiger partial charge in [0, 0.05) is 37.4 Å². The number of nitrogens with zero attached hydrogens (tertiary/aromatic N) is 2. The number of anilines is 1. The van der Waals surface area contributed by atoms with Gasteiger partial charge in [-0.15, -0.1) is 0 Å². The number of ketones is 1. The summed E-state index contributed by atoms with van der Waals surface area (Å²) in [5, 5.41) is 3.01. The lowest BCUT2D eigenvalue weighted by Gasteiger charge is -2.25. The molecule has 2 aliphatic heterocycles. The molecule has 190 valence electrons. The normalized spacial score (nSPS) is 18.6. The van der Waals surface area contributed by atoms with Gasteiger partial charge in [0.1, 0.15) is 0 Å². The summed E-state index contributed by atoms with van der Waals surface area (Å²) >= 11 is 0. The standard InChI is InChI=1S/C25H33N3O5S2/c29-25(21-9-8-10-24(19-21)35(32,33)28-15-4-1-2-5-16-28)20-26-22-11-13-23(14-12-22)34(30,31)27-17-6-3-7-18-27/h8-14,19,26H,1-7,15-18,20H2. The van der Waals surface area contributed by atoms with Crippen molar-refractivity contribution in [3.8, 4) is 0 Å². The van der Waals surface area contributed by atoms with Gasteiger partial charge in [0.05, 0.1) is 16.3 Å². The summed E-state index contributed by atoms with van der Waals surface area (Å²) in [4.78, 5) is 13.2.